The van der Waals surface area contributed by atoms with E-state index in [0.29, 0.717) is 0 Å². The van der Waals surface area contributed by atoms with Crippen molar-refractivity contribution in [3.63, 3.8) is 0 Å². The molecular weight excluding hydrogens is 593 g/mol. The number of benzene rings is 8. The molecule has 2 heteroatoms. The highest BCUT2D eigenvalue weighted by atomic mass is 14.9. The average molecular weight is 627 g/mol. The fourth-order valence-electron chi connectivity index (χ4n) is 7.26. The smallest absolute Gasteiger partial charge is 0.0707 e. The van der Waals surface area contributed by atoms with Crippen LogP contribution in [-0.2, 0) is 0 Å². The number of nitrogens with one attached hydrogen (secondary N) is 2. The van der Waals surface area contributed by atoms with Crippen molar-refractivity contribution in [1.82, 2.24) is 5.32 Å². The largest absolute Gasteiger partial charge is 0.374 e. The van der Waals surface area contributed by atoms with Gasteiger partial charge in [0, 0.05) is 22.6 Å². The molecule has 0 spiro atoms. The van der Waals surface area contributed by atoms with Gasteiger partial charge in [0.2, 0.25) is 0 Å². The Hall–Kier alpha value is -6.38. The van der Waals surface area contributed by atoms with E-state index < -0.39 is 0 Å². The van der Waals surface area contributed by atoms with Crippen LogP contribution >= 0.6 is 0 Å². The molecule has 1 heterocycles. The maximum Gasteiger partial charge on any atom is 0.0707 e. The van der Waals surface area contributed by atoms with Crippen LogP contribution in [0.25, 0.3) is 54.7 Å². The third-order valence-electron chi connectivity index (χ3n) is 9.66. The van der Waals surface area contributed by atoms with E-state index in [9.17, 15) is 0 Å². The Kier molecular flexibility index (Phi) is 7.25. The zero-order valence-corrected chi connectivity index (χ0v) is 27.0. The quantitative estimate of drug-likeness (QED) is 0.179. The summed E-state index contributed by atoms with van der Waals surface area (Å²) < 4.78 is 0. The van der Waals surface area contributed by atoms with Gasteiger partial charge in [-0.3, -0.25) is 0 Å². The molecule has 0 radical (unpaired) electrons. The highest BCUT2D eigenvalue weighted by Crippen LogP contribution is 2.42. The molecule has 0 aromatic heterocycles. The van der Waals surface area contributed by atoms with Gasteiger partial charge in [-0.2, -0.15) is 0 Å². The van der Waals surface area contributed by atoms with Gasteiger partial charge >= 0.3 is 0 Å². The fraction of sp³-hybridized carbons (Fsp3) is 0.0213. The Bertz CT molecular complexity index is 2530. The third-order valence-corrected chi connectivity index (χ3v) is 9.66. The van der Waals surface area contributed by atoms with Crippen molar-refractivity contribution in [2.45, 2.75) is 6.04 Å². The van der Waals surface area contributed by atoms with Crippen molar-refractivity contribution >= 4 is 55.0 Å². The lowest BCUT2D eigenvalue weighted by atomic mass is 9.89. The third kappa shape index (κ3) is 5.44. The van der Waals surface area contributed by atoms with Gasteiger partial charge in [0.25, 0.3) is 0 Å². The molecule has 1 unspecified atom stereocenters. The summed E-state index contributed by atoms with van der Waals surface area (Å²) in [6, 6.07) is 63.1. The Morgan fingerprint density at radius 2 is 1.12 bits per heavy atom. The molecule has 1 aliphatic heterocycles. The molecule has 9 rings (SSSR count). The Balaban J connectivity index is 1.09. The molecule has 0 aliphatic carbocycles. The number of para-hydroxylation sites is 1. The minimum atomic E-state index is 0.0361. The van der Waals surface area contributed by atoms with E-state index in [1.165, 1.54) is 65.7 Å². The van der Waals surface area contributed by atoms with E-state index >= 15 is 0 Å². The minimum absolute atomic E-state index is 0.0361. The molecule has 8 aromatic rings. The second kappa shape index (κ2) is 12.3. The minimum Gasteiger partial charge on any atom is -0.374 e. The van der Waals surface area contributed by atoms with Gasteiger partial charge in [-0.25, -0.2) is 0 Å². The van der Waals surface area contributed by atoms with Crippen LogP contribution in [0.5, 0.6) is 0 Å². The number of hydrogen-bond donors (Lipinski definition) is 2. The van der Waals surface area contributed by atoms with Crippen molar-refractivity contribution in [3.8, 4) is 11.1 Å². The molecule has 232 valence electrons. The predicted molar refractivity (Wildman–Crippen MR) is 209 cm³/mol. The molecule has 0 saturated carbocycles. The summed E-state index contributed by atoms with van der Waals surface area (Å²) in [4.78, 5) is 0. The SMILES string of the molecule is C1=C(c2ccccc2)C=C(c2ccccc2)NC1c1ccc(Nc2ccccc2-c2cc3ccccc3c3ccc4ccccc4c23)cc1. The zero-order chi connectivity index (χ0) is 32.6. The van der Waals surface area contributed by atoms with Crippen LogP contribution in [0.4, 0.5) is 11.4 Å². The monoisotopic (exact) mass is 626 g/mol. The number of allylic oxidation sites excluding steroid dienone is 2. The Morgan fingerprint density at radius 3 is 1.92 bits per heavy atom. The van der Waals surface area contributed by atoms with Crippen LogP contribution in [0.15, 0.2) is 188 Å². The van der Waals surface area contributed by atoms with Crippen molar-refractivity contribution in [2.75, 3.05) is 5.32 Å². The standard InChI is InChI=1S/C47H34N2/c1-3-13-32(14-4-1)37-30-45(34-16-5-2-6-17-34)49-46(31-37)35-23-26-38(27-24-35)48-44-22-12-11-21-41(44)43-29-36-18-8-9-19-39(36)42-28-25-33-15-7-10-20-40(33)47(42)43/h1-31,46,48-49H. The predicted octanol–water partition coefficient (Wildman–Crippen LogP) is 12.3. The second-order valence-corrected chi connectivity index (χ2v) is 12.7. The van der Waals surface area contributed by atoms with E-state index in [2.05, 4.69) is 199 Å². The maximum atomic E-state index is 3.80. The number of dihydropyridines is 1. The molecule has 49 heavy (non-hydrogen) atoms. The molecule has 1 aliphatic rings. The lowest BCUT2D eigenvalue weighted by Gasteiger charge is -2.26. The summed E-state index contributed by atoms with van der Waals surface area (Å²) >= 11 is 0. The van der Waals surface area contributed by atoms with Crippen LogP contribution in [0.1, 0.15) is 22.7 Å². The van der Waals surface area contributed by atoms with Gasteiger partial charge in [-0.1, -0.05) is 152 Å². The van der Waals surface area contributed by atoms with E-state index in [1.54, 1.807) is 0 Å². The fourth-order valence-corrected chi connectivity index (χ4v) is 7.26. The average Bonchev–Trinajstić information content (AvgIpc) is 3.18. The van der Waals surface area contributed by atoms with E-state index in [-0.39, 0.29) is 6.04 Å². The summed E-state index contributed by atoms with van der Waals surface area (Å²) in [5, 5.41) is 15.2. The topological polar surface area (TPSA) is 24.1 Å². The van der Waals surface area contributed by atoms with E-state index in [4.69, 9.17) is 0 Å². The molecule has 0 saturated heterocycles. The number of anilines is 2. The molecule has 2 nitrogen and oxygen atoms in total. The molecular formula is C47H34N2. The van der Waals surface area contributed by atoms with Gasteiger partial charge in [-0.15, -0.1) is 0 Å². The van der Waals surface area contributed by atoms with E-state index in [1.807, 2.05) is 0 Å². The lowest BCUT2D eigenvalue weighted by Crippen LogP contribution is -2.21. The maximum absolute atomic E-state index is 3.80. The van der Waals surface area contributed by atoms with Crippen molar-refractivity contribution in [3.05, 3.63) is 205 Å². The van der Waals surface area contributed by atoms with Crippen molar-refractivity contribution in [1.29, 1.82) is 0 Å². The van der Waals surface area contributed by atoms with Crippen LogP contribution in [-0.4, -0.2) is 0 Å². The van der Waals surface area contributed by atoms with Gasteiger partial charge in [0.15, 0.2) is 0 Å². The Morgan fingerprint density at radius 1 is 0.469 bits per heavy atom. The van der Waals surface area contributed by atoms with Crippen LogP contribution < -0.4 is 10.6 Å². The van der Waals surface area contributed by atoms with Crippen LogP contribution in [0.2, 0.25) is 0 Å². The molecule has 8 aromatic carbocycles. The van der Waals surface area contributed by atoms with Crippen LogP contribution in [0.3, 0.4) is 0 Å². The number of fused-ring (bicyclic) bond motifs is 5. The summed E-state index contributed by atoms with van der Waals surface area (Å²) in [5.74, 6) is 0. The zero-order valence-electron chi connectivity index (χ0n) is 27.0. The molecule has 0 fully saturated rings. The number of rotatable bonds is 6. The van der Waals surface area contributed by atoms with Crippen molar-refractivity contribution < 1.29 is 0 Å². The first-order chi connectivity index (χ1) is 24.3. The lowest BCUT2D eigenvalue weighted by molar-refractivity contribution is 0.767. The molecule has 0 amide bonds. The summed E-state index contributed by atoms with van der Waals surface area (Å²) in [7, 11) is 0. The molecule has 0 bridgehead atoms. The molecule has 1 atom stereocenters. The van der Waals surface area contributed by atoms with Gasteiger partial charge in [0.1, 0.15) is 0 Å². The van der Waals surface area contributed by atoms with E-state index in [0.717, 1.165) is 17.1 Å². The summed E-state index contributed by atoms with van der Waals surface area (Å²) in [5.41, 5.74) is 10.5. The van der Waals surface area contributed by atoms with Crippen LogP contribution in [0, 0.1) is 0 Å². The first kappa shape index (κ1) is 28.8. The number of hydrogen-bond acceptors (Lipinski definition) is 2. The first-order valence-corrected chi connectivity index (χ1v) is 16.9. The Labute approximate surface area is 286 Å². The van der Waals surface area contributed by atoms with Gasteiger partial charge in [-0.05, 0) is 96.6 Å². The highest BCUT2D eigenvalue weighted by molar-refractivity contribution is 6.23. The summed E-state index contributed by atoms with van der Waals surface area (Å²) in [6.07, 6.45) is 4.59. The first-order valence-electron chi connectivity index (χ1n) is 16.9. The highest BCUT2D eigenvalue weighted by Gasteiger charge is 2.19. The second-order valence-electron chi connectivity index (χ2n) is 12.7. The summed E-state index contributed by atoms with van der Waals surface area (Å²) in [6.45, 7) is 0. The normalized spacial score (nSPS) is 14.3. The van der Waals surface area contributed by atoms with Gasteiger partial charge < -0.3 is 10.6 Å². The molecule has 2 N–H and O–H groups in total. The van der Waals surface area contributed by atoms with Crippen molar-refractivity contribution in [2.24, 2.45) is 0 Å². The van der Waals surface area contributed by atoms with Gasteiger partial charge in [0.05, 0.1) is 6.04 Å².